The molecule has 148 valence electrons. The third-order valence-corrected chi connectivity index (χ3v) is 4.73. The molecule has 2 N–H and O–H groups in total. The molecule has 1 saturated heterocycles. The van der Waals surface area contributed by atoms with Crippen LogP contribution in [0.5, 0.6) is 0 Å². The van der Waals surface area contributed by atoms with Gasteiger partial charge < -0.3 is 19.8 Å². The number of rotatable bonds is 8. The molecule has 1 atom stereocenters. The molecular weight excluding hydrogens is 453 g/mol. The summed E-state index contributed by atoms with van der Waals surface area (Å²) in [6.45, 7) is 6.25. The zero-order valence-corrected chi connectivity index (χ0v) is 18.3. The van der Waals surface area contributed by atoms with Crippen molar-refractivity contribution in [3.63, 3.8) is 0 Å². The van der Waals surface area contributed by atoms with E-state index in [0.29, 0.717) is 12.5 Å². The standard InChI is InChI=1S/C21H29N3O2.HI/c1-2-18-6-3-4-7-19(18)15-24-21(23-14-17-10-13-25-16-17)22-11-9-20-8-5-12-26-20;/h3-8,12,17H,2,9-11,13-16H2,1H3,(H2,22,23,24);1H. The fraction of sp³-hybridized carbons (Fsp3) is 0.476. The van der Waals surface area contributed by atoms with Gasteiger partial charge in [-0.2, -0.15) is 0 Å². The maximum atomic E-state index is 5.47. The van der Waals surface area contributed by atoms with E-state index in [1.165, 1.54) is 11.1 Å². The van der Waals surface area contributed by atoms with Crippen molar-refractivity contribution in [2.75, 3.05) is 26.3 Å². The van der Waals surface area contributed by atoms with E-state index >= 15 is 0 Å². The number of benzene rings is 1. The molecule has 1 aliphatic rings. The van der Waals surface area contributed by atoms with Gasteiger partial charge in [-0.15, -0.1) is 24.0 Å². The van der Waals surface area contributed by atoms with Gasteiger partial charge in [0.15, 0.2) is 5.96 Å². The molecule has 1 unspecified atom stereocenters. The number of nitrogens with one attached hydrogen (secondary N) is 2. The van der Waals surface area contributed by atoms with E-state index in [4.69, 9.17) is 14.1 Å². The zero-order valence-electron chi connectivity index (χ0n) is 15.9. The van der Waals surface area contributed by atoms with Crippen LogP contribution in [0.1, 0.15) is 30.2 Å². The van der Waals surface area contributed by atoms with E-state index in [0.717, 1.165) is 57.3 Å². The van der Waals surface area contributed by atoms with Crippen LogP contribution >= 0.6 is 24.0 Å². The molecule has 0 saturated carbocycles. The largest absolute Gasteiger partial charge is 0.469 e. The van der Waals surface area contributed by atoms with Gasteiger partial charge in [0.05, 0.1) is 19.4 Å². The summed E-state index contributed by atoms with van der Waals surface area (Å²) >= 11 is 0. The van der Waals surface area contributed by atoms with Gasteiger partial charge in [0.1, 0.15) is 5.76 Å². The van der Waals surface area contributed by atoms with Crippen molar-refractivity contribution in [1.29, 1.82) is 0 Å². The Hall–Kier alpha value is -1.54. The summed E-state index contributed by atoms with van der Waals surface area (Å²) in [5, 5.41) is 6.91. The summed E-state index contributed by atoms with van der Waals surface area (Å²) in [5.74, 6) is 2.40. The average Bonchev–Trinajstić information content (AvgIpc) is 3.37. The highest BCUT2D eigenvalue weighted by atomic mass is 127. The first-order chi connectivity index (χ1) is 12.8. The number of aryl methyl sites for hydroxylation is 1. The van der Waals surface area contributed by atoms with Crippen molar-refractivity contribution >= 4 is 29.9 Å². The molecule has 2 aromatic rings. The van der Waals surface area contributed by atoms with Crippen molar-refractivity contribution in [2.45, 2.75) is 32.7 Å². The Kier molecular flexibility index (Phi) is 9.69. The fourth-order valence-corrected chi connectivity index (χ4v) is 3.14. The Balaban J connectivity index is 0.00000261. The van der Waals surface area contributed by atoms with Gasteiger partial charge in [-0.1, -0.05) is 31.2 Å². The summed E-state index contributed by atoms with van der Waals surface area (Å²) in [7, 11) is 0. The lowest BCUT2D eigenvalue weighted by Gasteiger charge is -2.15. The summed E-state index contributed by atoms with van der Waals surface area (Å²) in [6.07, 6.45) is 4.70. The molecule has 1 aromatic carbocycles. The molecule has 27 heavy (non-hydrogen) atoms. The lowest BCUT2D eigenvalue weighted by molar-refractivity contribution is 0.186. The van der Waals surface area contributed by atoms with Crippen molar-refractivity contribution in [3.8, 4) is 0 Å². The molecule has 0 radical (unpaired) electrons. The van der Waals surface area contributed by atoms with Crippen LogP contribution in [-0.4, -0.2) is 32.3 Å². The van der Waals surface area contributed by atoms with Gasteiger partial charge in [-0.3, -0.25) is 0 Å². The van der Waals surface area contributed by atoms with Crippen LogP contribution in [0.25, 0.3) is 0 Å². The number of furan rings is 1. The number of guanidine groups is 1. The first-order valence-corrected chi connectivity index (χ1v) is 9.54. The van der Waals surface area contributed by atoms with Gasteiger partial charge in [0.2, 0.25) is 0 Å². The minimum Gasteiger partial charge on any atom is -0.469 e. The molecule has 6 heteroatoms. The summed E-state index contributed by atoms with van der Waals surface area (Å²) < 4.78 is 10.9. The summed E-state index contributed by atoms with van der Waals surface area (Å²) in [5.41, 5.74) is 2.64. The highest BCUT2D eigenvalue weighted by Crippen LogP contribution is 2.12. The van der Waals surface area contributed by atoms with Crippen LogP contribution in [0.3, 0.4) is 0 Å². The number of nitrogens with zero attached hydrogens (tertiary/aromatic N) is 1. The minimum atomic E-state index is 0. The molecule has 1 aliphatic heterocycles. The van der Waals surface area contributed by atoms with Crippen molar-refractivity contribution in [1.82, 2.24) is 10.6 Å². The zero-order chi connectivity index (χ0) is 18.0. The molecule has 0 aliphatic carbocycles. The van der Waals surface area contributed by atoms with Gasteiger partial charge in [0, 0.05) is 32.0 Å². The summed E-state index contributed by atoms with van der Waals surface area (Å²) in [4.78, 5) is 4.81. The van der Waals surface area contributed by atoms with Gasteiger partial charge >= 0.3 is 0 Å². The molecule has 5 nitrogen and oxygen atoms in total. The Morgan fingerprint density at radius 2 is 2.00 bits per heavy atom. The molecule has 0 bridgehead atoms. The van der Waals surface area contributed by atoms with Crippen LogP contribution in [0.2, 0.25) is 0 Å². The molecule has 0 amide bonds. The van der Waals surface area contributed by atoms with Gasteiger partial charge in [0.25, 0.3) is 0 Å². The Morgan fingerprint density at radius 1 is 1.15 bits per heavy atom. The monoisotopic (exact) mass is 483 g/mol. The fourth-order valence-electron chi connectivity index (χ4n) is 3.14. The topological polar surface area (TPSA) is 58.8 Å². The second-order valence-electron chi connectivity index (χ2n) is 6.65. The van der Waals surface area contributed by atoms with Crippen LogP contribution in [0.15, 0.2) is 52.1 Å². The molecule has 3 rings (SSSR count). The molecule has 0 spiro atoms. The van der Waals surface area contributed by atoms with E-state index < -0.39 is 0 Å². The van der Waals surface area contributed by atoms with Crippen LogP contribution in [0, 0.1) is 5.92 Å². The number of ether oxygens (including phenoxy) is 1. The highest BCUT2D eigenvalue weighted by Gasteiger charge is 2.15. The van der Waals surface area contributed by atoms with Crippen molar-refractivity contribution in [3.05, 3.63) is 59.5 Å². The lowest BCUT2D eigenvalue weighted by atomic mass is 10.1. The van der Waals surface area contributed by atoms with Crippen LogP contribution < -0.4 is 10.6 Å². The third kappa shape index (κ3) is 7.18. The van der Waals surface area contributed by atoms with Crippen molar-refractivity contribution < 1.29 is 9.15 Å². The Morgan fingerprint density at radius 3 is 2.70 bits per heavy atom. The van der Waals surface area contributed by atoms with E-state index in [1.807, 2.05) is 12.1 Å². The molecule has 1 fully saturated rings. The van der Waals surface area contributed by atoms with E-state index in [1.54, 1.807) is 6.26 Å². The van der Waals surface area contributed by atoms with E-state index in [-0.39, 0.29) is 24.0 Å². The number of halogens is 1. The highest BCUT2D eigenvalue weighted by molar-refractivity contribution is 14.0. The second kappa shape index (κ2) is 12.0. The first kappa shape index (κ1) is 21.8. The lowest BCUT2D eigenvalue weighted by Crippen LogP contribution is -2.41. The maximum absolute atomic E-state index is 5.47. The quantitative estimate of drug-likeness (QED) is 0.341. The maximum Gasteiger partial charge on any atom is 0.191 e. The Bertz CT molecular complexity index is 682. The predicted molar refractivity (Wildman–Crippen MR) is 120 cm³/mol. The first-order valence-electron chi connectivity index (χ1n) is 9.54. The van der Waals surface area contributed by atoms with Crippen LogP contribution in [-0.2, 0) is 24.1 Å². The molecular formula is C21H30IN3O2. The van der Waals surface area contributed by atoms with E-state index in [9.17, 15) is 0 Å². The number of hydrogen-bond donors (Lipinski definition) is 2. The minimum absolute atomic E-state index is 0. The predicted octanol–water partition coefficient (Wildman–Crippen LogP) is 3.77. The van der Waals surface area contributed by atoms with Gasteiger partial charge in [-0.25, -0.2) is 4.99 Å². The second-order valence-corrected chi connectivity index (χ2v) is 6.65. The molecule has 1 aromatic heterocycles. The summed E-state index contributed by atoms with van der Waals surface area (Å²) in [6, 6.07) is 12.4. The average molecular weight is 483 g/mol. The van der Waals surface area contributed by atoms with Gasteiger partial charge in [-0.05, 0) is 36.1 Å². The Labute approximate surface area is 179 Å². The third-order valence-electron chi connectivity index (χ3n) is 4.73. The van der Waals surface area contributed by atoms with E-state index in [2.05, 4.69) is 41.8 Å². The SMILES string of the molecule is CCc1ccccc1CN=C(NCCc1ccco1)NCC1CCOC1.I. The van der Waals surface area contributed by atoms with Crippen molar-refractivity contribution in [2.24, 2.45) is 10.9 Å². The normalized spacial score (nSPS) is 16.8. The molecule has 2 heterocycles. The van der Waals surface area contributed by atoms with Crippen LogP contribution in [0.4, 0.5) is 0 Å². The number of aliphatic imine (C=N–C) groups is 1. The number of hydrogen-bond acceptors (Lipinski definition) is 3. The smallest absolute Gasteiger partial charge is 0.191 e.